The molecular formula is C46H46N8O6. The fourth-order valence-corrected chi connectivity index (χ4v) is 9.05. The normalized spacial score (nSPS) is 20.7. The molecule has 3 saturated heterocycles. The van der Waals surface area contributed by atoms with Crippen molar-refractivity contribution in [3.63, 3.8) is 0 Å². The Bertz CT molecular complexity index is 2620. The monoisotopic (exact) mass is 806 g/mol. The second kappa shape index (κ2) is 16.4. The van der Waals surface area contributed by atoms with Crippen LogP contribution in [0.1, 0.15) is 85.0 Å². The number of hydrogen-bond donors (Lipinski definition) is 4. The van der Waals surface area contributed by atoms with Crippen LogP contribution < -0.4 is 10.6 Å². The van der Waals surface area contributed by atoms with E-state index in [2.05, 4.69) is 75.2 Å². The van der Waals surface area contributed by atoms with Crippen LogP contribution in [0.25, 0.3) is 45.2 Å². The first-order valence-corrected chi connectivity index (χ1v) is 20.4. The number of hydrogen-bond acceptors (Lipinski definition) is 8. The molecule has 306 valence electrons. The fraction of sp³-hybridized carbons (Fsp3) is 0.304. The molecule has 5 atom stereocenters. The molecule has 5 heterocycles. The number of nitrogens with zero attached hydrogens (tertiary/aromatic N) is 4. The quantitative estimate of drug-likeness (QED) is 0.108. The predicted molar refractivity (Wildman–Crippen MR) is 226 cm³/mol. The number of rotatable bonds is 9. The van der Waals surface area contributed by atoms with Crippen LogP contribution in [0.3, 0.4) is 0 Å². The number of fused-ring (bicyclic) bond motifs is 3. The summed E-state index contributed by atoms with van der Waals surface area (Å²) in [6.07, 6.45) is 9.45. The highest BCUT2D eigenvalue weighted by molar-refractivity contribution is 5.91. The summed E-state index contributed by atoms with van der Waals surface area (Å²) >= 11 is 0. The van der Waals surface area contributed by atoms with Gasteiger partial charge in [0.05, 0.1) is 49.2 Å². The zero-order valence-electron chi connectivity index (χ0n) is 33.4. The molecule has 3 fully saturated rings. The van der Waals surface area contributed by atoms with Gasteiger partial charge in [-0.2, -0.15) is 0 Å². The van der Waals surface area contributed by atoms with E-state index in [1.807, 2.05) is 53.6 Å². The molecule has 4 aromatic carbocycles. The first kappa shape index (κ1) is 38.6. The molecule has 6 aromatic rings. The number of piperidine rings is 1. The lowest BCUT2D eigenvalue weighted by Crippen LogP contribution is -2.54. The van der Waals surface area contributed by atoms with Crippen molar-refractivity contribution in [2.45, 2.75) is 68.7 Å². The van der Waals surface area contributed by atoms with Crippen molar-refractivity contribution in [2.75, 3.05) is 20.8 Å². The average molecular weight is 807 g/mol. The van der Waals surface area contributed by atoms with Gasteiger partial charge in [0.25, 0.3) is 5.91 Å². The number of benzene rings is 4. The summed E-state index contributed by atoms with van der Waals surface area (Å²) in [6.45, 7) is 0.557. The molecule has 3 aliphatic heterocycles. The lowest BCUT2D eigenvalue weighted by Gasteiger charge is -2.37. The number of carbonyl (C=O) groups is 4. The number of methoxy groups -OCH3 is 2. The van der Waals surface area contributed by atoms with Crippen molar-refractivity contribution < 1.29 is 28.7 Å². The first-order chi connectivity index (χ1) is 29.3. The third-order valence-corrected chi connectivity index (χ3v) is 12.1. The highest BCUT2D eigenvalue weighted by Crippen LogP contribution is 2.41. The van der Waals surface area contributed by atoms with Gasteiger partial charge in [-0.1, -0.05) is 72.8 Å². The molecule has 5 unspecified atom stereocenters. The Morgan fingerprint density at radius 2 is 1.55 bits per heavy atom. The predicted octanol–water partition coefficient (Wildman–Crippen LogP) is 7.59. The van der Waals surface area contributed by atoms with Gasteiger partial charge >= 0.3 is 12.2 Å². The van der Waals surface area contributed by atoms with Crippen molar-refractivity contribution >= 4 is 58.0 Å². The van der Waals surface area contributed by atoms with E-state index in [-0.39, 0.29) is 29.9 Å². The van der Waals surface area contributed by atoms with Crippen LogP contribution in [-0.2, 0) is 19.1 Å². The third-order valence-electron chi connectivity index (χ3n) is 12.1. The maximum atomic E-state index is 13.9. The van der Waals surface area contributed by atoms with Gasteiger partial charge in [-0.05, 0) is 90.3 Å². The van der Waals surface area contributed by atoms with E-state index in [0.29, 0.717) is 18.5 Å². The van der Waals surface area contributed by atoms with Crippen LogP contribution in [0.15, 0.2) is 91.1 Å². The topological polar surface area (TPSA) is 175 Å². The highest BCUT2D eigenvalue weighted by atomic mass is 16.5. The van der Waals surface area contributed by atoms with Crippen LogP contribution in [0.4, 0.5) is 9.59 Å². The molecule has 60 heavy (non-hydrogen) atoms. The van der Waals surface area contributed by atoms with E-state index >= 15 is 0 Å². The Hall–Kier alpha value is -6.96. The summed E-state index contributed by atoms with van der Waals surface area (Å²) in [5.41, 5.74) is 6.31. The molecule has 3 aliphatic rings. The van der Waals surface area contributed by atoms with E-state index in [9.17, 15) is 19.2 Å². The molecule has 0 saturated carbocycles. The summed E-state index contributed by atoms with van der Waals surface area (Å²) in [5.74, 6) is 1.17. The molecule has 14 nitrogen and oxygen atoms in total. The van der Waals surface area contributed by atoms with Gasteiger partial charge in [0.15, 0.2) is 0 Å². The number of aromatic nitrogens is 4. The van der Waals surface area contributed by atoms with Crippen molar-refractivity contribution in [1.29, 1.82) is 0 Å². The number of ether oxygens (including phenoxy) is 2. The Morgan fingerprint density at radius 1 is 0.800 bits per heavy atom. The second-order valence-corrected chi connectivity index (χ2v) is 15.7. The lowest BCUT2D eigenvalue weighted by atomic mass is 9.98. The van der Waals surface area contributed by atoms with Crippen LogP contribution >= 0.6 is 0 Å². The van der Waals surface area contributed by atoms with Crippen LogP contribution in [-0.4, -0.2) is 86.6 Å². The Kier molecular flexibility index (Phi) is 10.5. The van der Waals surface area contributed by atoms with Gasteiger partial charge in [0.1, 0.15) is 23.7 Å². The third kappa shape index (κ3) is 7.56. The highest BCUT2D eigenvalue weighted by Gasteiger charge is 2.45. The van der Waals surface area contributed by atoms with Crippen LogP contribution in [0.2, 0.25) is 0 Å². The molecule has 4 N–H and O–H groups in total. The fourth-order valence-electron chi connectivity index (χ4n) is 9.05. The average Bonchev–Trinajstić information content (AvgIpc) is 4.11. The van der Waals surface area contributed by atoms with Crippen molar-refractivity contribution in [3.05, 3.63) is 119 Å². The minimum atomic E-state index is -0.879. The van der Waals surface area contributed by atoms with Gasteiger partial charge < -0.3 is 39.9 Å². The summed E-state index contributed by atoms with van der Waals surface area (Å²) in [7, 11) is 2.58. The molecule has 0 radical (unpaired) electrons. The minimum absolute atomic E-state index is 0.0877. The molecule has 9 rings (SSSR count). The molecule has 14 heteroatoms. The SMILES string of the molecule is COC(=O)NC1CCC2CCC(c3ncc(-c4ccc5cc(/C=C/c6ccc7nc(C8CCCN8C(=O)C(NC(=O)OC)c8ccccc8)[nH]c7c6)ccc5c4)[nH]3)N2C1=O. The number of H-pyrrole nitrogens is 2. The van der Waals surface area contributed by atoms with Gasteiger partial charge in [-0.3, -0.25) is 9.59 Å². The van der Waals surface area contributed by atoms with Gasteiger partial charge in [0, 0.05) is 18.2 Å². The Balaban J connectivity index is 0.877. The summed E-state index contributed by atoms with van der Waals surface area (Å²) in [4.78, 5) is 71.7. The Labute approximate surface area is 346 Å². The zero-order chi connectivity index (χ0) is 41.3. The maximum absolute atomic E-state index is 13.9. The Morgan fingerprint density at radius 3 is 2.37 bits per heavy atom. The maximum Gasteiger partial charge on any atom is 0.407 e. The summed E-state index contributed by atoms with van der Waals surface area (Å²) in [6, 6.07) is 26.2. The van der Waals surface area contributed by atoms with Gasteiger partial charge in [-0.25, -0.2) is 19.6 Å². The van der Waals surface area contributed by atoms with Crippen molar-refractivity contribution in [1.82, 2.24) is 40.4 Å². The van der Waals surface area contributed by atoms with Gasteiger partial charge in [0.2, 0.25) is 5.91 Å². The van der Waals surface area contributed by atoms with E-state index in [0.717, 1.165) is 87.9 Å². The number of nitrogens with one attached hydrogen (secondary N) is 4. The van der Waals surface area contributed by atoms with E-state index in [1.54, 1.807) is 4.90 Å². The van der Waals surface area contributed by atoms with Crippen molar-refractivity contribution in [2.24, 2.45) is 0 Å². The summed E-state index contributed by atoms with van der Waals surface area (Å²) in [5, 5.41) is 7.60. The largest absolute Gasteiger partial charge is 0.453 e. The standard InChI is InChI=1S/C46H46N8O6/c1-59-45(57)51-35-20-17-33-18-21-39(54(33)43(35)55)41-47-26-37(50-41)32-16-15-30-23-27(12-14-31(30)25-32)10-11-28-13-19-34-36(24-28)49-42(48-34)38-9-6-22-53(38)44(56)40(52-46(58)60-2)29-7-4-3-5-8-29/h3-5,7-8,10-16,19,23-26,33,35,38-40H,6,9,17-18,20-22H2,1-2H3,(H,47,50)(H,48,49)(H,51,57)(H,52,58)/b11-10+. The summed E-state index contributed by atoms with van der Waals surface area (Å²) < 4.78 is 9.57. The van der Waals surface area contributed by atoms with Crippen molar-refractivity contribution in [3.8, 4) is 11.3 Å². The molecular weight excluding hydrogens is 761 g/mol. The minimum Gasteiger partial charge on any atom is -0.453 e. The van der Waals surface area contributed by atoms with Crippen LogP contribution in [0.5, 0.6) is 0 Å². The number of carbonyl (C=O) groups excluding carboxylic acids is 4. The van der Waals surface area contributed by atoms with Gasteiger partial charge in [-0.15, -0.1) is 0 Å². The second-order valence-electron chi connectivity index (χ2n) is 15.7. The number of alkyl carbamates (subject to hydrolysis) is 2. The van der Waals surface area contributed by atoms with Crippen LogP contribution in [0, 0.1) is 0 Å². The molecule has 4 amide bonds. The first-order valence-electron chi connectivity index (χ1n) is 20.4. The molecule has 0 aliphatic carbocycles. The number of amides is 4. The number of imidazole rings is 2. The zero-order valence-corrected chi connectivity index (χ0v) is 33.4. The lowest BCUT2D eigenvalue weighted by molar-refractivity contribution is -0.139. The number of likely N-dealkylation sites (tertiary alicyclic amines) is 1. The number of aromatic amines is 2. The molecule has 0 spiro atoms. The smallest absolute Gasteiger partial charge is 0.407 e. The van der Waals surface area contributed by atoms with E-state index in [4.69, 9.17) is 19.4 Å². The van der Waals surface area contributed by atoms with E-state index in [1.165, 1.54) is 14.2 Å². The molecule has 0 bridgehead atoms. The molecule has 2 aromatic heterocycles. The van der Waals surface area contributed by atoms with E-state index < -0.39 is 24.3 Å².